The molecule has 2 heteroatoms. The molecule has 78 valence electrons. The van der Waals surface area contributed by atoms with Gasteiger partial charge >= 0.3 is 5.97 Å². The molecule has 0 amide bonds. The monoisotopic (exact) mass is 202 g/mol. The highest BCUT2D eigenvalue weighted by Gasteiger charge is 2.30. The molecule has 0 aromatic heterocycles. The van der Waals surface area contributed by atoms with Crippen molar-refractivity contribution in [2.75, 3.05) is 0 Å². The van der Waals surface area contributed by atoms with E-state index in [1.54, 1.807) is 0 Å². The second-order valence-corrected chi connectivity index (χ2v) is 3.83. The standard InChI is InChI=1S/C13H14O2/c1-3-12-11(8-13(14)15-12)10-6-4-9(2)5-7-10/h3-7,11H,8H2,1-2H3/b12-3-. The number of carbonyl (C=O) groups is 1. The van der Waals surface area contributed by atoms with E-state index in [2.05, 4.69) is 31.2 Å². The first-order valence-corrected chi connectivity index (χ1v) is 5.14. The zero-order valence-corrected chi connectivity index (χ0v) is 8.99. The predicted molar refractivity (Wildman–Crippen MR) is 58.4 cm³/mol. The SMILES string of the molecule is C/C=C1\OC(=O)CC1c1ccc(C)cc1. The topological polar surface area (TPSA) is 26.3 Å². The summed E-state index contributed by atoms with van der Waals surface area (Å²) in [6, 6.07) is 8.24. The maximum Gasteiger partial charge on any atom is 0.311 e. The average Bonchev–Trinajstić information content (AvgIpc) is 2.61. The first-order valence-electron chi connectivity index (χ1n) is 5.14. The first kappa shape index (κ1) is 9.97. The number of aryl methyl sites for hydroxylation is 1. The molecule has 0 spiro atoms. The van der Waals surface area contributed by atoms with Gasteiger partial charge in [-0.1, -0.05) is 29.8 Å². The van der Waals surface area contributed by atoms with Crippen LogP contribution in [0.2, 0.25) is 0 Å². The molecule has 2 rings (SSSR count). The number of allylic oxidation sites excluding steroid dienone is 2. The van der Waals surface area contributed by atoms with Crippen molar-refractivity contribution in [3.8, 4) is 0 Å². The molecule has 2 nitrogen and oxygen atoms in total. The van der Waals surface area contributed by atoms with Crippen molar-refractivity contribution in [2.45, 2.75) is 26.2 Å². The van der Waals surface area contributed by atoms with Crippen LogP contribution in [-0.4, -0.2) is 5.97 Å². The fourth-order valence-electron chi connectivity index (χ4n) is 1.85. The first-order chi connectivity index (χ1) is 7.20. The normalized spacial score (nSPS) is 23.2. The molecular formula is C13H14O2. The molecule has 1 saturated heterocycles. The number of hydrogen-bond donors (Lipinski definition) is 0. The Morgan fingerprint density at radius 2 is 2.00 bits per heavy atom. The molecule has 1 atom stereocenters. The highest BCUT2D eigenvalue weighted by molar-refractivity contribution is 5.76. The van der Waals surface area contributed by atoms with Crippen molar-refractivity contribution in [2.24, 2.45) is 0 Å². The van der Waals surface area contributed by atoms with Crippen molar-refractivity contribution in [1.29, 1.82) is 0 Å². The quantitative estimate of drug-likeness (QED) is 0.654. The molecule has 0 radical (unpaired) electrons. The fraction of sp³-hybridized carbons (Fsp3) is 0.308. The molecule has 1 aromatic carbocycles. The zero-order chi connectivity index (χ0) is 10.8. The highest BCUT2D eigenvalue weighted by atomic mass is 16.5. The average molecular weight is 202 g/mol. The summed E-state index contributed by atoms with van der Waals surface area (Å²) in [6.45, 7) is 3.95. The number of carbonyl (C=O) groups excluding carboxylic acids is 1. The lowest BCUT2D eigenvalue weighted by atomic mass is 9.95. The Morgan fingerprint density at radius 3 is 2.60 bits per heavy atom. The van der Waals surface area contributed by atoms with Gasteiger partial charge in [0.1, 0.15) is 5.76 Å². The summed E-state index contributed by atoms with van der Waals surface area (Å²) in [5.41, 5.74) is 2.38. The molecular weight excluding hydrogens is 188 g/mol. The number of hydrogen-bond acceptors (Lipinski definition) is 2. The summed E-state index contributed by atoms with van der Waals surface area (Å²) in [7, 11) is 0. The Labute approximate surface area is 89.6 Å². The van der Waals surface area contributed by atoms with Gasteiger partial charge < -0.3 is 4.74 Å². The number of esters is 1. The van der Waals surface area contributed by atoms with Gasteiger partial charge in [0.25, 0.3) is 0 Å². The number of cyclic esters (lactones) is 1. The minimum atomic E-state index is -0.131. The van der Waals surface area contributed by atoms with Crippen LogP contribution in [0.1, 0.15) is 30.4 Å². The smallest absolute Gasteiger partial charge is 0.311 e. The van der Waals surface area contributed by atoms with E-state index in [1.807, 2.05) is 13.0 Å². The molecule has 0 saturated carbocycles. The number of ether oxygens (including phenoxy) is 1. The van der Waals surface area contributed by atoms with E-state index in [4.69, 9.17) is 4.74 Å². The third-order valence-electron chi connectivity index (χ3n) is 2.71. The molecule has 0 N–H and O–H groups in total. The molecule has 1 fully saturated rings. The molecule has 1 heterocycles. The third-order valence-corrected chi connectivity index (χ3v) is 2.71. The number of benzene rings is 1. The second kappa shape index (κ2) is 3.89. The molecule has 1 aromatic rings. The van der Waals surface area contributed by atoms with Gasteiger partial charge in [-0.2, -0.15) is 0 Å². The Hall–Kier alpha value is -1.57. The van der Waals surface area contributed by atoms with Crippen molar-refractivity contribution in [3.63, 3.8) is 0 Å². The Kier molecular flexibility index (Phi) is 2.58. The summed E-state index contributed by atoms with van der Waals surface area (Å²) >= 11 is 0. The van der Waals surface area contributed by atoms with Crippen molar-refractivity contribution in [1.82, 2.24) is 0 Å². The van der Waals surface area contributed by atoms with E-state index in [0.29, 0.717) is 6.42 Å². The van der Waals surface area contributed by atoms with Gasteiger partial charge in [-0.15, -0.1) is 0 Å². The summed E-state index contributed by atoms with van der Waals surface area (Å²) in [6.07, 6.45) is 2.33. The van der Waals surface area contributed by atoms with E-state index in [9.17, 15) is 4.79 Å². The van der Waals surface area contributed by atoms with Crippen LogP contribution in [0.25, 0.3) is 0 Å². The van der Waals surface area contributed by atoms with Crippen molar-refractivity contribution >= 4 is 5.97 Å². The zero-order valence-electron chi connectivity index (χ0n) is 8.99. The highest BCUT2D eigenvalue weighted by Crippen LogP contribution is 2.34. The lowest BCUT2D eigenvalue weighted by molar-refractivity contribution is -0.135. The van der Waals surface area contributed by atoms with Crippen LogP contribution in [0.3, 0.4) is 0 Å². The maximum absolute atomic E-state index is 11.2. The maximum atomic E-state index is 11.2. The van der Waals surface area contributed by atoms with E-state index >= 15 is 0 Å². The van der Waals surface area contributed by atoms with Gasteiger partial charge in [0, 0.05) is 0 Å². The largest absolute Gasteiger partial charge is 0.431 e. The molecule has 0 bridgehead atoms. The molecule has 0 aliphatic carbocycles. The molecule has 15 heavy (non-hydrogen) atoms. The van der Waals surface area contributed by atoms with E-state index in [1.165, 1.54) is 5.56 Å². The Morgan fingerprint density at radius 1 is 1.33 bits per heavy atom. The summed E-state index contributed by atoms with van der Waals surface area (Å²) in [4.78, 5) is 11.2. The van der Waals surface area contributed by atoms with E-state index in [-0.39, 0.29) is 11.9 Å². The fourth-order valence-corrected chi connectivity index (χ4v) is 1.85. The predicted octanol–water partition coefficient (Wildman–Crippen LogP) is 2.93. The van der Waals surface area contributed by atoms with Crippen molar-refractivity contribution in [3.05, 3.63) is 47.2 Å². The molecule has 1 aliphatic rings. The van der Waals surface area contributed by atoms with Crippen LogP contribution in [0.15, 0.2) is 36.1 Å². The summed E-state index contributed by atoms with van der Waals surface area (Å²) in [5, 5.41) is 0. The summed E-state index contributed by atoms with van der Waals surface area (Å²) in [5.74, 6) is 0.764. The Bertz CT molecular complexity index is 401. The second-order valence-electron chi connectivity index (χ2n) is 3.83. The van der Waals surface area contributed by atoms with E-state index in [0.717, 1.165) is 11.3 Å². The molecule has 1 aliphatic heterocycles. The van der Waals surface area contributed by atoms with Crippen LogP contribution in [0.4, 0.5) is 0 Å². The lowest BCUT2D eigenvalue weighted by Gasteiger charge is -2.08. The van der Waals surface area contributed by atoms with Gasteiger partial charge in [0.15, 0.2) is 0 Å². The van der Waals surface area contributed by atoms with Crippen LogP contribution in [0, 0.1) is 6.92 Å². The van der Waals surface area contributed by atoms with Crippen LogP contribution >= 0.6 is 0 Å². The minimum Gasteiger partial charge on any atom is -0.431 e. The van der Waals surface area contributed by atoms with Gasteiger partial charge in [-0.25, -0.2) is 0 Å². The van der Waals surface area contributed by atoms with Crippen LogP contribution < -0.4 is 0 Å². The lowest BCUT2D eigenvalue weighted by Crippen LogP contribution is -1.96. The van der Waals surface area contributed by atoms with Gasteiger partial charge in [0.05, 0.1) is 12.3 Å². The van der Waals surface area contributed by atoms with Gasteiger partial charge in [-0.05, 0) is 25.5 Å². The van der Waals surface area contributed by atoms with E-state index < -0.39 is 0 Å². The van der Waals surface area contributed by atoms with Crippen LogP contribution in [0.5, 0.6) is 0 Å². The Balaban J connectivity index is 2.31. The minimum absolute atomic E-state index is 0.114. The van der Waals surface area contributed by atoms with Gasteiger partial charge in [-0.3, -0.25) is 4.79 Å². The number of rotatable bonds is 1. The van der Waals surface area contributed by atoms with Gasteiger partial charge in [0.2, 0.25) is 0 Å². The van der Waals surface area contributed by atoms with Crippen LogP contribution in [-0.2, 0) is 9.53 Å². The van der Waals surface area contributed by atoms with Crippen molar-refractivity contribution < 1.29 is 9.53 Å². The third kappa shape index (κ3) is 1.94. The summed E-state index contributed by atoms with van der Waals surface area (Å²) < 4.78 is 5.13. The molecule has 1 unspecified atom stereocenters.